The number of hydrogen-bond donors (Lipinski definition) is 1. The molecule has 0 saturated heterocycles. The van der Waals surface area contributed by atoms with E-state index < -0.39 is 0 Å². The van der Waals surface area contributed by atoms with E-state index in [9.17, 15) is 0 Å². The monoisotopic (exact) mass is 290 g/mol. The first kappa shape index (κ1) is 18.2. The summed E-state index contributed by atoms with van der Waals surface area (Å²) in [6.45, 7) is 15.7. The summed E-state index contributed by atoms with van der Waals surface area (Å²) in [5, 5.41) is 3.65. The first-order chi connectivity index (χ1) is 10.1. The zero-order valence-electron chi connectivity index (χ0n) is 14.7. The Morgan fingerprint density at radius 2 is 1.43 bits per heavy atom. The predicted octanol–water partition coefficient (Wildman–Crippen LogP) is 4.58. The van der Waals surface area contributed by atoms with Crippen molar-refractivity contribution in [2.75, 3.05) is 26.2 Å². The molecule has 120 valence electrons. The van der Waals surface area contributed by atoms with Crippen LogP contribution in [-0.4, -0.2) is 31.1 Å². The van der Waals surface area contributed by atoms with Crippen molar-refractivity contribution in [2.24, 2.45) is 0 Å². The number of benzene rings is 1. The fourth-order valence-electron chi connectivity index (χ4n) is 2.83. The molecule has 0 aliphatic heterocycles. The summed E-state index contributed by atoms with van der Waals surface area (Å²) >= 11 is 0. The molecule has 0 spiro atoms. The molecule has 0 radical (unpaired) electrons. The highest BCUT2D eigenvalue weighted by Crippen LogP contribution is 2.20. The Balaban J connectivity index is 2.79. The summed E-state index contributed by atoms with van der Waals surface area (Å²) in [5.41, 5.74) is 2.84. The van der Waals surface area contributed by atoms with Crippen LogP contribution in [0.4, 0.5) is 0 Å². The van der Waals surface area contributed by atoms with Crippen LogP contribution in [-0.2, 0) is 0 Å². The molecule has 1 unspecified atom stereocenters. The topological polar surface area (TPSA) is 15.3 Å². The molecule has 21 heavy (non-hydrogen) atoms. The molecule has 2 nitrogen and oxygen atoms in total. The van der Waals surface area contributed by atoms with E-state index in [0.29, 0.717) is 12.0 Å². The predicted molar refractivity (Wildman–Crippen MR) is 94.0 cm³/mol. The maximum absolute atomic E-state index is 3.65. The van der Waals surface area contributed by atoms with Crippen molar-refractivity contribution in [3.05, 3.63) is 35.4 Å². The molecular weight excluding hydrogens is 256 g/mol. The SMILES string of the molecule is CCCN(CCC)CC(NCC)c1ccc(C(C)C)cc1. The van der Waals surface area contributed by atoms with Crippen LogP contribution in [0.2, 0.25) is 0 Å². The van der Waals surface area contributed by atoms with Gasteiger partial charge in [0.1, 0.15) is 0 Å². The maximum Gasteiger partial charge on any atom is 0.0449 e. The Morgan fingerprint density at radius 3 is 1.86 bits per heavy atom. The standard InChI is InChI=1S/C19H34N2/c1-6-13-21(14-7-2)15-19(20-8-3)18-11-9-17(10-12-18)16(4)5/h9-12,16,19-20H,6-8,13-15H2,1-5H3. The van der Waals surface area contributed by atoms with Crippen molar-refractivity contribution >= 4 is 0 Å². The minimum absolute atomic E-state index is 0.439. The molecule has 0 fully saturated rings. The van der Waals surface area contributed by atoms with Crippen LogP contribution in [0.15, 0.2) is 24.3 Å². The van der Waals surface area contributed by atoms with Crippen molar-refractivity contribution in [3.8, 4) is 0 Å². The zero-order chi connectivity index (χ0) is 15.7. The highest BCUT2D eigenvalue weighted by Gasteiger charge is 2.14. The second-order valence-electron chi connectivity index (χ2n) is 6.23. The lowest BCUT2D eigenvalue weighted by molar-refractivity contribution is 0.244. The van der Waals surface area contributed by atoms with Gasteiger partial charge < -0.3 is 10.2 Å². The van der Waals surface area contributed by atoms with Crippen molar-refractivity contribution < 1.29 is 0 Å². The van der Waals surface area contributed by atoms with Gasteiger partial charge in [-0.25, -0.2) is 0 Å². The Kier molecular flexibility index (Phi) is 8.63. The van der Waals surface area contributed by atoms with Crippen LogP contribution in [0.1, 0.15) is 70.5 Å². The van der Waals surface area contributed by atoms with Crippen LogP contribution in [0.25, 0.3) is 0 Å². The van der Waals surface area contributed by atoms with Crippen LogP contribution in [0.3, 0.4) is 0 Å². The molecule has 1 atom stereocenters. The van der Waals surface area contributed by atoms with Crippen molar-refractivity contribution in [3.63, 3.8) is 0 Å². The smallest absolute Gasteiger partial charge is 0.0449 e. The van der Waals surface area contributed by atoms with Gasteiger partial charge in [0.05, 0.1) is 0 Å². The van der Waals surface area contributed by atoms with E-state index in [-0.39, 0.29) is 0 Å². The van der Waals surface area contributed by atoms with Gasteiger partial charge in [0.25, 0.3) is 0 Å². The number of nitrogens with one attached hydrogen (secondary N) is 1. The van der Waals surface area contributed by atoms with E-state index in [1.807, 2.05) is 0 Å². The van der Waals surface area contributed by atoms with Crippen LogP contribution in [0, 0.1) is 0 Å². The first-order valence-electron chi connectivity index (χ1n) is 8.67. The Labute approximate surface area is 131 Å². The molecule has 0 bridgehead atoms. The normalized spacial score (nSPS) is 13.1. The van der Waals surface area contributed by atoms with Gasteiger partial charge in [-0.3, -0.25) is 0 Å². The molecule has 2 heteroatoms. The quantitative estimate of drug-likeness (QED) is 0.678. The third-order valence-corrected chi connectivity index (χ3v) is 3.98. The lowest BCUT2D eigenvalue weighted by Gasteiger charge is -2.28. The average Bonchev–Trinajstić information content (AvgIpc) is 2.47. The van der Waals surface area contributed by atoms with Gasteiger partial charge in [0.2, 0.25) is 0 Å². The summed E-state index contributed by atoms with van der Waals surface area (Å²) in [4.78, 5) is 2.59. The van der Waals surface area contributed by atoms with Gasteiger partial charge in [-0.1, -0.05) is 58.9 Å². The number of nitrogens with zero attached hydrogens (tertiary/aromatic N) is 1. The molecular formula is C19H34N2. The van der Waals surface area contributed by atoms with Gasteiger partial charge in [-0.15, -0.1) is 0 Å². The molecule has 1 rings (SSSR count). The molecule has 1 aromatic carbocycles. The average molecular weight is 290 g/mol. The summed E-state index contributed by atoms with van der Waals surface area (Å²) in [7, 11) is 0. The van der Waals surface area contributed by atoms with Gasteiger partial charge in [-0.05, 0) is 49.5 Å². The third-order valence-electron chi connectivity index (χ3n) is 3.98. The molecule has 1 N–H and O–H groups in total. The highest BCUT2D eigenvalue weighted by atomic mass is 15.1. The van der Waals surface area contributed by atoms with Crippen LogP contribution >= 0.6 is 0 Å². The highest BCUT2D eigenvalue weighted by molar-refractivity contribution is 5.27. The molecule has 0 heterocycles. The van der Waals surface area contributed by atoms with E-state index in [1.54, 1.807) is 0 Å². The molecule has 0 aromatic heterocycles. The minimum atomic E-state index is 0.439. The number of hydrogen-bond acceptors (Lipinski definition) is 2. The van der Waals surface area contributed by atoms with Gasteiger partial charge in [-0.2, -0.15) is 0 Å². The molecule has 0 aliphatic carbocycles. The Morgan fingerprint density at radius 1 is 0.905 bits per heavy atom. The molecule has 0 amide bonds. The fraction of sp³-hybridized carbons (Fsp3) is 0.684. The number of rotatable bonds is 10. The largest absolute Gasteiger partial charge is 0.309 e. The van der Waals surface area contributed by atoms with E-state index in [2.05, 4.69) is 69.1 Å². The van der Waals surface area contributed by atoms with Gasteiger partial charge >= 0.3 is 0 Å². The number of likely N-dealkylation sites (N-methyl/N-ethyl adjacent to an activating group) is 1. The van der Waals surface area contributed by atoms with E-state index in [0.717, 1.165) is 13.1 Å². The van der Waals surface area contributed by atoms with Crippen LogP contribution < -0.4 is 5.32 Å². The summed E-state index contributed by atoms with van der Waals surface area (Å²) < 4.78 is 0. The summed E-state index contributed by atoms with van der Waals surface area (Å²) in [6, 6.07) is 9.62. The Bertz CT molecular complexity index is 364. The van der Waals surface area contributed by atoms with Gasteiger partial charge in [0.15, 0.2) is 0 Å². The second kappa shape index (κ2) is 9.97. The lowest BCUT2D eigenvalue weighted by atomic mass is 9.98. The van der Waals surface area contributed by atoms with Crippen molar-refractivity contribution in [2.45, 2.75) is 59.4 Å². The van der Waals surface area contributed by atoms with E-state index >= 15 is 0 Å². The lowest BCUT2D eigenvalue weighted by Crippen LogP contribution is -2.36. The Hall–Kier alpha value is -0.860. The molecule has 0 aliphatic rings. The third kappa shape index (κ3) is 6.19. The molecule has 0 saturated carbocycles. The summed E-state index contributed by atoms with van der Waals surface area (Å²) in [5.74, 6) is 0.605. The summed E-state index contributed by atoms with van der Waals surface area (Å²) in [6.07, 6.45) is 2.45. The van der Waals surface area contributed by atoms with Crippen molar-refractivity contribution in [1.82, 2.24) is 10.2 Å². The second-order valence-corrected chi connectivity index (χ2v) is 6.23. The van der Waals surface area contributed by atoms with E-state index in [4.69, 9.17) is 0 Å². The zero-order valence-corrected chi connectivity index (χ0v) is 14.7. The van der Waals surface area contributed by atoms with Gasteiger partial charge in [0, 0.05) is 12.6 Å². The van der Waals surface area contributed by atoms with E-state index in [1.165, 1.54) is 37.1 Å². The fourth-order valence-corrected chi connectivity index (χ4v) is 2.83. The molecule has 1 aromatic rings. The van der Waals surface area contributed by atoms with Crippen molar-refractivity contribution in [1.29, 1.82) is 0 Å². The first-order valence-corrected chi connectivity index (χ1v) is 8.67. The minimum Gasteiger partial charge on any atom is -0.309 e. The van der Waals surface area contributed by atoms with Crippen LogP contribution in [0.5, 0.6) is 0 Å². The maximum atomic E-state index is 3.65.